The Morgan fingerprint density at radius 3 is 2.27 bits per heavy atom. The summed E-state index contributed by atoms with van der Waals surface area (Å²) in [5.41, 5.74) is 5.29. The van der Waals surface area contributed by atoms with Crippen LogP contribution in [0, 0.1) is 5.82 Å². The SMILES string of the molecule is CC1c2ccccc2CC(CCN(C)C)c2cc(F)ccc21.O=C(O)/C=C\C(=O)O. The van der Waals surface area contributed by atoms with Crippen LogP contribution in [0.3, 0.4) is 0 Å². The highest BCUT2D eigenvalue weighted by Crippen LogP contribution is 2.40. The Bertz CT molecular complexity index is 907. The van der Waals surface area contributed by atoms with Crippen LogP contribution in [0.2, 0.25) is 0 Å². The maximum Gasteiger partial charge on any atom is 0.328 e. The van der Waals surface area contributed by atoms with E-state index in [1.807, 2.05) is 6.07 Å². The molecular formula is C24H28FNO4. The fourth-order valence-electron chi connectivity index (χ4n) is 3.79. The molecule has 3 rings (SSSR count). The molecule has 2 N–H and O–H groups in total. The third kappa shape index (κ3) is 6.52. The van der Waals surface area contributed by atoms with Gasteiger partial charge in [0.15, 0.2) is 0 Å². The number of aliphatic carboxylic acids is 2. The van der Waals surface area contributed by atoms with E-state index in [0.717, 1.165) is 19.4 Å². The van der Waals surface area contributed by atoms with E-state index in [-0.39, 0.29) is 5.82 Å². The number of carbonyl (C=O) groups is 2. The van der Waals surface area contributed by atoms with Crippen molar-refractivity contribution in [2.24, 2.45) is 0 Å². The van der Waals surface area contributed by atoms with E-state index in [0.29, 0.717) is 24.0 Å². The van der Waals surface area contributed by atoms with E-state index in [1.165, 1.54) is 22.3 Å². The van der Waals surface area contributed by atoms with Gasteiger partial charge in [-0.15, -0.1) is 0 Å². The molecule has 0 saturated heterocycles. The quantitative estimate of drug-likeness (QED) is 0.716. The third-order valence-corrected chi connectivity index (χ3v) is 5.24. The van der Waals surface area contributed by atoms with Crippen LogP contribution in [0.25, 0.3) is 0 Å². The maximum absolute atomic E-state index is 13.8. The van der Waals surface area contributed by atoms with Gasteiger partial charge in [0.1, 0.15) is 5.82 Å². The minimum Gasteiger partial charge on any atom is -0.478 e. The molecule has 0 radical (unpaired) electrons. The molecule has 160 valence electrons. The summed E-state index contributed by atoms with van der Waals surface area (Å²) in [6.07, 6.45) is 3.18. The number of nitrogens with zero attached hydrogens (tertiary/aromatic N) is 1. The van der Waals surface area contributed by atoms with Crippen molar-refractivity contribution in [3.8, 4) is 0 Å². The number of hydrogen-bond acceptors (Lipinski definition) is 3. The highest BCUT2D eigenvalue weighted by molar-refractivity contribution is 5.89. The van der Waals surface area contributed by atoms with Gasteiger partial charge >= 0.3 is 11.9 Å². The molecule has 0 fully saturated rings. The molecule has 0 amide bonds. The van der Waals surface area contributed by atoms with Gasteiger partial charge < -0.3 is 15.1 Å². The molecule has 2 aromatic rings. The van der Waals surface area contributed by atoms with Crippen molar-refractivity contribution >= 4 is 11.9 Å². The molecular weight excluding hydrogens is 385 g/mol. The van der Waals surface area contributed by atoms with Gasteiger partial charge in [0.25, 0.3) is 0 Å². The van der Waals surface area contributed by atoms with Crippen LogP contribution in [-0.4, -0.2) is 47.7 Å². The van der Waals surface area contributed by atoms with E-state index in [1.54, 1.807) is 12.1 Å². The number of carboxylic acids is 2. The molecule has 0 bridgehead atoms. The summed E-state index contributed by atoms with van der Waals surface area (Å²) in [6.45, 7) is 3.26. The van der Waals surface area contributed by atoms with Crippen LogP contribution >= 0.6 is 0 Å². The lowest BCUT2D eigenvalue weighted by Crippen LogP contribution is -2.17. The first-order valence-electron chi connectivity index (χ1n) is 9.84. The van der Waals surface area contributed by atoms with Crippen LogP contribution in [-0.2, 0) is 16.0 Å². The fourth-order valence-corrected chi connectivity index (χ4v) is 3.79. The number of halogens is 1. The monoisotopic (exact) mass is 413 g/mol. The molecule has 2 atom stereocenters. The normalized spacial score (nSPS) is 17.5. The average Bonchev–Trinajstić information content (AvgIpc) is 2.80. The molecule has 0 saturated carbocycles. The second-order valence-electron chi connectivity index (χ2n) is 7.70. The molecule has 0 aromatic heterocycles. The molecule has 0 heterocycles. The summed E-state index contributed by atoms with van der Waals surface area (Å²) in [4.78, 5) is 21.3. The topological polar surface area (TPSA) is 77.8 Å². The molecule has 5 nitrogen and oxygen atoms in total. The summed E-state index contributed by atoms with van der Waals surface area (Å²) in [7, 11) is 4.19. The van der Waals surface area contributed by atoms with Crippen molar-refractivity contribution in [3.05, 3.63) is 82.7 Å². The highest BCUT2D eigenvalue weighted by Gasteiger charge is 2.26. The molecule has 30 heavy (non-hydrogen) atoms. The van der Waals surface area contributed by atoms with Gasteiger partial charge in [-0.05, 0) is 73.8 Å². The van der Waals surface area contributed by atoms with Gasteiger partial charge in [-0.1, -0.05) is 37.3 Å². The van der Waals surface area contributed by atoms with Crippen LogP contribution < -0.4 is 0 Å². The molecule has 0 aliphatic heterocycles. The first-order valence-corrected chi connectivity index (χ1v) is 9.84. The lowest BCUT2D eigenvalue weighted by molar-refractivity contribution is -0.134. The first kappa shape index (κ1) is 23.3. The largest absolute Gasteiger partial charge is 0.478 e. The Balaban J connectivity index is 0.000000343. The average molecular weight is 413 g/mol. The van der Waals surface area contributed by atoms with E-state index in [2.05, 4.69) is 50.2 Å². The predicted octanol–water partition coefficient (Wildman–Crippen LogP) is 4.28. The Morgan fingerprint density at radius 2 is 1.67 bits per heavy atom. The zero-order valence-corrected chi connectivity index (χ0v) is 17.5. The van der Waals surface area contributed by atoms with Gasteiger partial charge in [-0.2, -0.15) is 0 Å². The highest BCUT2D eigenvalue weighted by atomic mass is 19.1. The third-order valence-electron chi connectivity index (χ3n) is 5.24. The van der Waals surface area contributed by atoms with Gasteiger partial charge in [-0.25, -0.2) is 14.0 Å². The Labute approximate surface area is 176 Å². The Kier molecular flexibility index (Phi) is 8.30. The van der Waals surface area contributed by atoms with Crippen molar-refractivity contribution in [2.75, 3.05) is 20.6 Å². The summed E-state index contributed by atoms with van der Waals surface area (Å²) in [5.74, 6) is -1.91. The molecule has 2 unspecified atom stereocenters. The zero-order chi connectivity index (χ0) is 22.3. The van der Waals surface area contributed by atoms with Gasteiger partial charge in [-0.3, -0.25) is 0 Å². The lowest BCUT2D eigenvalue weighted by atomic mass is 9.86. The Hall–Kier alpha value is -2.99. The van der Waals surface area contributed by atoms with E-state index < -0.39 is 11.9 Å². The van der Waals surface area contributed by atoms with Crippen molar-refractivity contribution in [1.82, 2.24) is 4.90 Å². The summed E-state index contributed by atoms with van der Waals surface area (Å²) < 4.78 is 13.8. The number of rotatable bonds is 5. The van der Waals surface area contributed by atoms with Gasteiger partial charge in [0.2, 0.25) is 0 Å². The molecule has 1 aliphatic rings. The van der Waals surface area contributed by atoms with Crippen molar-refractivity contribution in [1.29, 1.82) is 0 Å². The van der Waals surface area contributed by atoms with Gasteiger partial charge in [0, 0.05) is 18.1 Å². The number of benzene rings is 2. The molecule has 2 aromatic carbocycles. The molecule has 1 aliphatic carbocycles. The van der Waals surface area contributed by atoms with Crippen LogP contribution in [0.5, 0.6) is 0 Å². The second kappa shape index (κ2) is 10.7. The minimum absolute atomic E-state index is 0.119. The number of hydrogen-bond donors (Lipinski definition) is 2. The van der Waals surface area contributed by atoms with E-state index in [4.69, 9.17) is 10.2 Å². The van der Waals surface area contributed by atoms with Crippen LogP contribution in [0.1, 0.15) is 47.4 Å². The van der Waals surface area contributed by atoms with Crippen LogP contribution in [0.15, 0.2) is 54.6 Å². The van der Waals surface area contributed by atoms with Crippen LogP contribution in [0.4, 0.5) is 4.39 Å². The molecule has 0 spiro atoms. The number of fused-ring (bicyclic) bond motifs is 2. The second-order valence-corrected chi connectivity index (χ2v) is 7.70. The van der Waals surface area contributed by atoms with E-state index >= 15 is 0 Å². The van der Waals surface area contributed by atoms with Gasteiger partial charge in [0.05, 0.1) is 0 Å². The van der Waals surface area contributed by atoms with E-state index in [9.17, 15) is 14.0 Å². The summed E-state index contributed by atoms with van der Waals surface area (Å²) in [6, 6.07) is 14.0. The first-order chi connectivity index (χ1) is 14.2. The number of carboxylic acid groups (broad SMARTS) is 2. The standard InChI is InChI=1S/C20H24FN.C4H4O4/c1-14-18-7-5-4-6-15(18)12-16(10-11-22(2)3)20-13-17(21)8-9-19(14)20;5-3(6)1-2-4(7)8/h4-9,13-14,16H,10-12H2,1-3H3;1-2H,(H,5,6)(H,7,8)/b;2-1-. The van der Waals surface area contributed by atoms with Crippen molar-refractivity contribution in [2.45, 2.75) is 31.6 Å². The molecule has 6 heteroatoms. The smallest absolute Gasteiger partial charge is 0.328 e. The lowest BCUT2D eigenvalue weighted by Gasteiger charge is -2.21. The van der Waals surface area contributed by atoms with Crippen molar-refractivity contribution in [3.63, 3.8) is 0 Å². The zero-order valence-electron chi connectivity index (χ0n) is 17.5. The maximum atomic E-state index is 13.8. The predicted molar refractivity (Wildman–Crippen MR) is 114 cm³/mol. The Morgan fingerprint density at radius 1 is 1.03 bits per heavy atom. The fraction of sp³-hybridized carbons (Fsp3) is 0.333. The van der Waals surface area contributed by atoms with Crippen molar-refractivity contribution < 1.29 is 24.2 Å². The summed E-state index contributed by atoms with van der Waals surface area (Å²) in [5, 5.41) is 15.6. The minimum atomic E-state index is -1.26. The summed E-state index contributed by atoms with van der Waals surface area (Å²) >= 11 is 0.